The summed E-state index contributed by atoms with van der Waals surface area (Å²) in [6.45, 7) is 0. The molecule has 0 unspecified atom stereocenters. The minimum atomic E-state index is 0.876. The maximum Gasteiger partial charge on any atom is 0.137 e. The molecule has 0 aliphatic rings. The number of para-hydroxylation sites is 1. The smallest absolute Gasteiger partial charge is 0.137 e. The molecule has 11 rings (SSSR count). The number of benzene rings is 9. The van der Waals surface area contributed by atoms with Crippen LogP contribution >= 0.6 is 11.3 Å². The summed E-state index contributed by atoms with van der Waals surface area (Å²) in [6.07, 6.45) is 0. The molecule has 9 aromatic carbocycles. The van der Waals surface area contributed by atoms with Gasteiger partial charge in [0.05, 0.1) is 5.69 Å². The van der Waals surface area contributed by atoms with Crippen molar-refractivity contribution in [1.82, 2.24) is 0 Å². The highest BCUT2D eigenvalue weighted by atomic mass is 32.1. The molecule has 0 atom stereocenters. The SMILES string of the molecule is c1ccc(-c2ccc(N(c3ccc(-c4ccc5c(ccc6ccccc65)c4)cc3)c3ccc4c(c3)oc3ccccc34)c3c2sc2ccccc23)cc1. The highest BCUT2D eigenvalue weighted by molar-refractivity contribution is 7.26. The standard InChI is InChI=1S/C50H31NOS/c1-2-10-33(11-3-1)41-28-29-45(49-44-15-7-9-17-48(44)53-50(41)49)51(38-25-27-43-42-14-6-8-16-46(42)52-47(43)31-38)37-23-20-32(21-24-37)35-22-26-40-36(30-35)19-18-34-12-4-5-13-39(34)40/h1-31H. The first-order valence-electron chi connectivity index (χ1n) is 18.0. The molecule has 11 aromatic rings. The fraction of sp³-hybridized carbons (Fsp3) is 0. The van der Waals surface area contributed by atoms with E-state index in [2.05, 4.69) is 181 Å². The van der Waals surface area contributed by atoms with Crippen LogP contribution in [0.25, 0.3) is 85.9 Å². The van der Waals surface area contributed by atoms with Crippen molar-refractivity contribution in [2.75, 3.05) is 4.90 Å². The van der Waals surface area contributed by atoms with E-state index < -0.39 is 0 Å². The van der Waals surface area contributed by atoms with E-state index >= 15 is 0 Å². The van der Waals surface area contributed by atoms with Gasteiger partial charge in [0.15, 0.2) is 0 Å². The third-order valence-corrected chi connectivity index (χ3v) is 11.9. The summed E-state index contributed by atoms with van der Waals surface area (Å²) in [4.78, 5) is 2.40. The molecule has 2 aromatic heterocycles. The quantitative estimate of drug-likeness (QED) is 0.167. The van der Waals surface area contributed by atoms with Crippen LogP contribution in [0.4, 0.5) is 17.1 Å². The molecule has 0 spiro atoms. The molecular weight excluding hydrogens is 663 g/mol. The van der Waals surface area contributed by atoms with Gasteiger partial charge in [-0.1, -0.05) is 133 Å². The van der Waals surface area contributed by atoms with Gasteiger partial charge in [0.2, 0.25) is 0 Å². The maximum absolute atomic E-state index is 6.45. The molecule has 0 aliphatic heterocycles. The Hall–Kier alpha value is -6.68. The lowest BCUT2D eigenvalue weighted by atomic mass is 9.97. The molecule has 0 N–H and O–H groups in total. The van der Waals surface area contributed by atoms with E-state index in [9.17, 15) is 0 Å². The maximum atomic E-state index is 6.45. The van der Waals surface area contributed by atoms with Crippen molar-refractivity contribution in [2.24, 2.45) is 0 Å². The lowest BCUT2D eigenvalue weighted by Gasteiger charge is -2.27. The largest absolute Gasteiger partial charge is 0.456 e. The van der Waals surface area contributed by atoms with E-state index in [0.29, 0.717) is 0 Å². The van der Waals surface area contributed by atoms with Crippen molar-refractivity contribution in [3.8, 4) is 22.3 Å². The van der Waals surface area contributed by atoms with Crippen LogP contribution in [0.2, 0.25) is 0 Å². The number of anilines is 3. The molecule has 53 heavy (non-hydrogen) atoms. The van der Waals surface area contributed by atoms with Crippen molar-refractivity contribution >= 4 is 92.1 Å². The van der Waals surface area contributed by atoms with Gasteiger partial charge in [0, 0.05) is 48.4 Å². The second kappa shape index (κ2) is 11.9. The highest BCUT2D eigenvalue weighted by Gasteiger charge is 2.22. The number of furan rings is 1. The van der Waals surface area contributed by atoms with Crippen molar-refractivity contribution in [1.29, 1.82) is 0 Å². The molecule has 3 heteroatoms. The van der Waals surface area contributed by atoms with Crippen LogP contribution in [0.5, 0.6) is 0 Å². The van der Waals surface area contributed by atoms with E-state index in [0.717, 1.165) is 39.0 Å². The van der Waals surface area contributed by atoms with Gasteiger partial charge in [-0.15, -0.1) is 11.3 Å². The zero-order valence-corrected chi connectivity index (χ0v) is 29.5. The van der Waals surface area contributed by atoms with Gasteiger partial charge in [0.25, 0.3) is 0 Å². The summed E-state index contributed by atoms with van der Waals surface area (Å²) in [5.74, 6) is 0. The van der Waals surface area contributed by atoms with Crippen molar-refractivity contribution < 1.29 is 4.42 Å². The van der Waals surface area contributed by atoms with E-state index in [1.54, 1.807) is 0 Å². The Bertz CT molecular complexity index is 3170. The van der Waals surface area contributed by atoms with Crippen LogP contribution in [0, 0.1) is 0 Å². The normalized spacial score (nSPS) is 11.8. The van der Waals surface area contributed by atoms with Crippen molar-refractivity contribution in [3.63, 3.8) is 0 Å². The number of thiophene rings is 1. The highest BCUT2D eigenvalue weighted by Crippen LogP contribution is 2.49. The monoisotopic (exact) mass is 693 g/mol. The number of fused-ring (bicyclic) bond motifs is 9. The molecule has 248 valence electrons. The van der Waals surface area contributed by atoms with Gasteiger partial charge in [-0.2, -0.15) is 0 Å². The van der Waals surface area contributed by atoms with Gasteiger partial charge in [-0.25, -0.2) is 0 Å². The average molecular weight is 694 g/mol. The fourth-order valence-corrected chi connectivity index (χ4v) is 9.38. The average Bonchev–Trinajstić information content (AvgIpc) is 3.80. The summed E-state index contributed by atoms with van der Waals surface area (Å²) >= 11 is 1.87. The molecule has 2 nitrogen and oxygen atoms in total. The van der Waals surface area contributed by atoms with Gasteiger partial charge in [-0.05, 0) is 92.3 Å². The van der Waals surface area contributed by atoms with Crippen LogP contribution in [0.1, 0.15) is 0 Å². The molecule has 0 aliphatic carbocycles. The molecule has 0 radical (unpaired) electrons. The summed E-state index contributed by atoms with van der Waals surface area (Å²) < 4.78 is 9.01. The number of nitrogens with zero attached hydrogens (tertiary/aromatic N) is 1. The van der Waals surface area contributed by atoms with Crippen LogP contribution in [0.3, 0.4) is 0 Å². The first-order chi connectivity index (χ1) is 26.3. The zero-order chi connectivity index (χ0) is 34.9. The Morgan fingerprint density at radius 3 is 1.94 bits per heavy atom. The molecular formula is C50H31NOS. The Labute approximate surface area is 310 Å². The number of hydrogen-bond acceptors (Lipinski definition) is 3. The first kappa shape index (κ1) is 30.0. The second-order valence-corrected chi connectivity index (χ2v) is 14.7. The minimum Gasteiger partial charge on any atom is -0.456 e. The third-order valence-electron chi connectivity index (χ3n) is 10.7. The Balaban J connectivity index is 1.11. The first-order valence-corrected chi connectivity index (χ1v) is 18.8. The molecule has 0 bridgehead atoms. The van der Waals surface area contributed by atoms with Crippen LogP contribution in [-0.2, 0) is 0 Å². The topological polar surface area (TPSA) is 16.4 Å². The van der Waals surface area contributed by atoms with Gasteiger partial charge in [0.1, 0.15) is 11.2 Å². The van der Waals surface area contributed by atoms with Gasteiger partial charge < -0.3 is 9.32 Å². The molecule has 0 fully saturated rings. The Morgan fingerprint density at radius 2 is 1.06 bits per heavy atom. The van der Waals surface area contributed by atoms with E-state index in [1.165, 1.54) is 64.0 Å². The molecule has 0 amide bonds. The summed E-state index contributed by atoms with van der Waals surface area (Å²) in [7, 11) is 0. The second-order valence-electron chi connectivity index (χ2n) is 13.7. The summed E-state index contributed by atoms with van der Waals surface area (Å²) in [5, 5.41) is 9.84. The molecule has 0 saturated heterocycles. The van der Waals surface area contributed by atoms with Gasteiger partial charge in [-0.3, -0.25) is 0 Å². The van der Waals surface area contributed by atoms with Gasteiger partial charge >= 0.3 is 0 Å². The van der Waals surface area contributed by atoms with Crippen molar-refractivity contribution in [3.05, 3.63) is 188 Å². The Kier molecular flexibility index (Phi) is 6.76. The van der Waals surface area contributed by atoms with E-state index in [-0.39, 0.29) is 0 Å². The van der Waals surface area contributed by atoms with Crippen LogP contribution in [0.15, 0.2) is 192 Å². The number of rotatable bonds is 5. The van der Waals surface area contributed by atoms with E-state index in [1.807, 2.05) is 23.5 Å². The van der Waals surface area contributed by atoms with Crippen molar-refractivity contribution in [2.45, 2.75) is 0 Å². The minimum absolute atomic E-state index is 0.876. The predicted octanol–water partition coefficient (Wildman–Crippen LogP) is 15.1. The predicted molar refractivity (Wildman–Crippen MR) is 227 cm³/mol. The zero-order valence-electron chi connectivity index (χ0n) is 28.7. The molecule has 2 heterocycles. The van der Waals surface area contributed by atoms with Crippen LogP contribution in [-0.4, -0.2) is 0 Å². The summed E-state index contributed by atoms with van der Waals surface area (Å²) in [5.41, 5.74) is 9.90. The number of hydrogen-bond donors (Lipinski definition) is 0. The lowest BCUT2D eigenvalue weighted by Crippen LogP contribution is -2.10. The van der Waals surface area contributed by atoms with E-state index in [4.69, 9.17) is 4.42 Å². The molecule has 0 saturated carbocycles. The van der Waals surface area contributed by atoms with Crippen LogP contribution < -0.4 is 4.90 Å². The lowest BCUT2D eigenvalue weighted by molar-refractivity contribution is 0.669. The third kappa shape index (κ3) is 4.86. The summed E-state index contributed by atoms with van der Waals surface area (Å²) in [6, 6.07) is 68.0. The fourth-order valence-electron chi connectivity index (χ4n) is 8.12. The Morgan fingerprint density at radius 1 is 0.396 bits per heavy atom.